The molecule has 0 aliphatic heterocycles. The average Bonchev–Trinajstić information content (AvgIpc) is 3.42. The molecule has 0 unspecified atom stereocenters. The molecule has 4 aromatic heterocycles. The van der Waals surface area contributed by atoms with Crippen molar-refractivity contribution in [3.05, 3.63) is 54.1 Å². The highest BCUT2D eigenvalue weighted by Gasteiger charge is 2.45. The van der Waals surface area contributed by atoms with Gasteiger partial charge >= 0.3 is 0 Å². The number of hydrogen-bond acceptors (Lipinski definition) is 4. The summed E-state index contributed by atoms with van der Waals surface area (Å²) in [6.45, 7) is 9.65. The van der Waals surface area contributed by atoms with Crippen LogP contribution in [-0.2, 0) is 10.8 Å². The highest BCUT2D eigenvalue weighted by Crippen LogP contribution is 2.63. The molecule has 150 valence electrons. The second-order valence-electron chi connectivity index (χ2n) is 9.26. The molecule has 6 heteroatoms. The molecule has 0 nitrogen and oxygen atoms in total. The molecule has 0 atom stereocenters. The van der Waals surface area contributed by atoms with E-state index >= 15 is 0 Å². The molecule has 0 saturated carbocycles. The Hall–Kier alpha value is -0.500. The first-order valence-electron chi connectivity index (χ1n) is 9.83. The fourth-order valence-corrected chi connectivity index (χ4v) is 12.8. The Morgan fingerprint density at radius 3 is 2.23 bits per heavy atom. The van der Waals surface area contributed by atoms with Crippen molar-refractivity contribution in [3.8, 4) is 20.2 Å². The predicted molar refractivity (Wildman–Crippen MR) is 143 cm³/mol. The minimum Gasteiger partial charge on any atom is -0.134 e. The standard InChI is InChI=1S/C24H16Br2S4/c1-23(2)11-7-13(25)28-20(11)22-16(23)10-6-5-9-15(18(10)30-22)24(3,4)17-19(9)27-12-8-14(26)29-21(12)17/h5-8H,1-4H3. The highest BCUT2D eigenvalue weighted by atomic mass is 79.9. The van der Waals surface area contributed by atoms with E-state index < -0.39 is 0 Å². The molecule has 1 aromatic carbocycles. The number of rotatable bonds is 0. The fourth-order valence-electron chi connectivity index (χ4n) is 5.62. The molecular weight excluding hydrogens is 576 g/mol. The Kier molecular flexibility index (Phi) is 3.61. The van der Waals surface area contributed by atoms with Crippen LogP contribution in [0.2, 0.25) is 0 Å². The monoisotopic (exact) mass is 590 g/mol. The zero-order valence-electron chi connectivity index (χ0n) is 16.7. The van der Waals surface area contributed by atoms with Crippen molar-refractivity contribution in [2.24, 2.45) is 0 Å². The average molecular weight is 592 g/mol. The van der Waals surface area contributed by atoms with Crippen LogP contribution in [0.1, 0.15) is 49.9 Å². The third-order valence-electron chi connectivity index (χ3n) is 6.89. The number of halogens is 2. The topological polar surface area (TPSA) is 0 Å². The molecule has 0 saturated heterocycles. The van der Waals surface area contributed by atoms with Crippen molar-refractivity contribution < 1.29 is 0 Å². The largest absolute Gasteiger partial charge is 0.134 e. The van der Waals surface area contributed by atoms with Crippen LogP contribution in [0.5, 0.6) is 0 Å². The normalized spacial score (nSPS) is 17.5. The molecule has 2 aliphatic carbocycles. The summed E-state index contributed by atoms with van der Waals surface area (Å²) in [7, 11) is 0. The van der Waals surface area contributed by atoms with Gasteiger partial charge in [-0.1, -0.05) is 39.8 Å². The Bertz CT molecular complexity index is 1570. The van der Waals surface area contributed by atoms with Gasteiger partial charge in [-0.2, -0.15) is 0 Å². The summed E-state index contributed by atoms with van der Waals surface area (Å²) in [6, 6.07) is 9.44. The van der Waals surface area contributed by atoms with Gasteiger partial charge in [0.25, 0.3) is 0 Å². The quantitative estimate of drug-likeness (QED) is 0.168. The van der Waals surface area contributed by atoms with Crippen molar-refractivity contribution in [3.63, 3.8) is 0 Å². The second-order valence-corrected chi connectivity index (χ2v) is 16.2. The van der Waals surface area contributed by atoms with E-state index in [9.17, 15) is 0 Å². The van der Waals surface area contributed by atoms with Gasteiger partial charge in [-0.15, -0.1) is 45.3 Å². The number of hydrogen-bond donors (Lipinski definition) is 0. The molecule has 0 amide bonds. The lowest BCUT2D eigenvalue weighted by molar-refractivity contribution is 0.666. The minimum atomic E-state index is 0.0221. The van der Waals surface area contributed by atoms with Crippen LogP contribution in [0.15, 0.2) is 31.8 Å². The summed E-state index contributed by atoms with van der Waals surface area (Å²) in [5, 5.41) is 1.46. The van der Waals surface area contributed by atoms with Crippen molar-refractivity contribution in [1.29, 1.82) is 0 Å². The lowest BCUT2D eigenvalue weighted by Gasteiger charge is -2.23. The zero-order valence-corrected chi connectivity index (χ0v) is 23.1. The van der Waals surface area contributed by atoms with Crippen LogP contribution in [0.25, 0.3) is 39.7 Å². The molecule has 0 N–H and O–H groups in total. The van der Waals surface area contributed by atoms with Gasteiger partial charge in [-0.3, -0.25) is 0 Å². The molecule has 4 heterocycles. The van der Waals surface area contributed by atoms with E-state index in [1.54, 1.807) is 5.56 Å². The van der Waals surface area contributed by atoms with E-state index in [-0.39, 0.29) is 10.8 Å². The summed E-state index contributed by atoms with van der Waals surface area (Å²) in [6.07, 6.45) is 0. The summed E-state index contributed by atoms with van der Waals surface area (Å²) >= 11 is 15.2. The summed E-state index contributed by atoms with van der Waals surface area (Å²) in [4.78, 5) is 4.44. The van der Waals surface area contributed by atoms with Crippen molar-refractivity contribution in [1.82, 2.24) is 0 Å². The van der Waals surface area contributed by atoms with Gasteiger partial charge in [0.2, 0.25) is 0 Å². The maximum Gasteiger partial charge on any atom is 0.0719 e. The third-order valence-corrected chi connectivity index (χ3v) is 12.9. The van der Waals surface area contributed by atoms with Gasteiger partial charge in [0, 0.05) is 34.9 Å². The molecule has 0 bridgehead atoms. The molecule has 5 aromatic rings. The van der Waals surface area contributed by atoms with Crippen molar-refractivity contribution in [2.45, 2.75) is 38.5 Å². The molecular formula is C24H16Br2S4. The first-order chi connectivity index (χ1) is 14.2. The van der Waals surface area contributed by atoms with Crippen LogP contribution < -0.4 is 0 Å². The molecule has 7 rings (SSSR count). The zero-order chi connectivity index (χ0) is 20.7. The van der Waals surface area contributed by atoms with E-state index in [0.717, 1.165) is 0 Å². The van der Waals surface area contributed by atoms with Gasteiger partial charge in [0.15, 0.2) is 0 Å². The molecule has 30 heavy (non-hydrogen) atoms. The fraction of sp³-hybridized carbons (Fsp3) is 0.250. The van der Waals surface area contributed by atoms with Gasteiger partial charge in [0.05, 0.1) is 12.3 Å². The van der Waals surface area contributed by atoms with E-state index in [1.807, 2.05) is 45.3 Å². The van der Waals surface area contributed by atoms with Gasteiger partial charge in [-0.25, -0.2) is 0 Å². The highest BCUT2D eigenvalue weighted by molar-refractivity contribution is 9.11. The van der Waals surface area contributed by atoms with Crippen LogP contribution in [0.3, 0.4) is 0 Å². The molecule has 2 aliphatic rings. The van der Waals surface area contributed by atoms with Crippen LogP contribution in [-0.4, -0.2) is 0 Å². The van der Waals surface area contributed by atoms with Gasteiger partial charge in [-0.05, 0) is 77.2 Å². The Morgan fingerprint density at radius 1 is 0.667 bits per heavy atom. The van der Waals surface area contributed by atoms with Crippen LogP contribution >= 0.6 is 77.2 Å². The lowest BCUT2D eigenvalue weighted by atomic mass is 9.79. The first-order valence-corrected chi connectivity index (χ1v) is 14.7. The maximum atomic E-state index is 3.73. The van der Waals surface area contributed by atoms with E-state index in [1.165, 1.54) is 63.9 Å². The third kappa shape index (κ3) is 2.07. The number of benzene rings is 1. The van der Waals surface area contributed by atoms with Crippen LogP contribution in [0.4, 0.5) is 0 Å². The Balaban J connectivity index is 1.59. The molecule has 0 radical (unpaired) electrons. The van der Waals surface area contributed by atoms with E-state index in [0.29, 0.717) is 0 Å². The predicted octanol–water partition coefficient (Wildman–Crippen LogP) is 10.4. The summed E-state index contributed by atoms with van der Waals surface area (Å²) in [5.74, 6) is 0. The van der Waals surface area contributed by atoms with Crippen molar-refractivity contribution in [2.75, 3.05) is 0 Å². The first kappa shape index (κ1) is 19.0. The number of fused-ring (bicyclic) bond motifs is 11. The van der Waals surface area contributed by atoms with Crippen LogP contribution in [0, 0.1) is 0 Å². The van der Waals surface area contributed by atoms with Gasteiger partial charge < -0.3 is 0 Å². The second kappa shape index (κ2) is 5.70. The van der Waals surface area contributed by atoms with Gasteiger partial charge in [0.1, 0.15) is 0 Å². The summed E-state index contributed by atoms with van der Waals surface area (Å²) in [5.41, 5.74) is 7.62. The lowest BCUT2D eigenvalue weighted by Crippen LogP contribution is -2.16. The maximum absolute atomic E-state index is 3.73. The van der Waals surface area contributed by atoms with E-state index in [2.05, 4.69) is 83.8 Å². The summed E-state index contributed by atoms with van der Waals surface area (Å²) < 4.78 is 6.85. The Morgan fingerprint density at radius 2 is 1.43 bits per heavy atom. The minimum absolute atomic E-state index is 0.0221. The Labute approximate surface area is 207 Å². The van der Waals surface area contributed by atoms with E-state index in [4.69, 9.17) is 0 Å². The number of thiophene rings is 4. The smallest absolute Gasteiger partial charge is 0.0719 e. The molecule has 0 spiro atoms. The SMILES string of the molecule is CC1(C)c2cc(Br)sc2-c2sc3c4c(ccc3c21)-c1sc2cc(Br)sc2c1C4(C)C. The van der Waals surface area contributed by atoms with Crippen molar-refractivity contribution >= 4 is 96.7 Å². The molecule has 0 fully saturated rings.